The molecule has 0 aliphatic carbocycles. The van der Waals surface area contributed by atoms with Gasteiger partial charge in [-0.25, -0.2) is 9.97 Å². The van der Waals surface area contributed by atoms with E-state index in [0.29, 0.717) is 16.3 Å². The highest BCUT2D eigenvalue weighted by atomic mass is 35.5. The van der Waals surface area contributed by atoms with Crippen molar-refractivity contribution in [2.45, 2.75) is 6.92 Å². The van der Waals surface area contributed by atoms with Gasteiger partial charge < -0.3 is 5.32 Å². The number of halogens is 2. The maximum atomic E-state index is 5.78. The van der Waals surface area contributed by atoms with Gasteiger partial charge in [0.2, 0.25) is 5.95 Å². The quantitative estimate of drug-likeness (QED) is 0.827. The maximum absolute atomic E-state index is 5.78. The average Bonchev–Trinajstić information content (AvgIpc) is 2.20. The van der Waals surface area contributed by atoms with Crippen LogP contribution in [0.5, 0.6) is 0 Å². The molecule has 2 rings (SSSR count). The summed E-state index contributed by atoms with van der Waals surface area (Å²) in [7, 11) is 0. The van der Waals surface area contributed by atoms with E-state index in [-0.39, 0.29) is 0 Å². The Bertz CT molecular complexity index is 494. The number of anilines is 2. The van der Waals surface area contributed by atoms with E-state index in [1.807, 2.05) is 31.2 Å². The molecule has 1 aromatic heterocycles. The van der Waals surface area contributed by atoms with E-state index in [1.54, 1.807) is 0 Å². The van der Waals surface area contributed by atoms with E-state index in [9.17, 15) is 0 Å². The van der Waals surface area contributed by atoms with Gasteiger partial charge in [0, 0.05) is 11.8 Å². The lowest BCUT2D eigenvalue weighted by Gasteiger charge is -2.07. The molecule has 0 saturated carbocycles. The van der Waals surface area contributed by atoms with E-state index in [2.05, 4.69) is 15.3 Å². The third kappa shape index (κ3) is 2.62. The lowest BCUT2D eigenvalue weighted by Crippen LogP contribution is -1.98. The zero-order valence-electron chi connectivity index (χ0n) is 8.54. The summed E-state index contributed by atoms with van der Waals surface area (Å²) in [6.07, 6.45) is 0. The predicted molar refractivity (Wildman–Crippen MR) is 66.5 cm³/mol. The number of para-hydroxylation sites is 1. The Balaban J connectivity index is 2.30. The summed E-state index contributed by atoms with van der Waals surface area (Å²) in [6.45, 7) is 1.99. The molecule has 1 heterocycles. The Morgan fingerprint density at radius 2 is 1.69 bits per heavy atom. The summed E-state index contributed by atoms with van der Waals surface area (Å²) in [4.78, 5) is 8.06. The van der Waals surface area contributed by atoms with Crippen molar-refractivity contribution in [2.24, 2.45) is 0 Å². The van der Waals surface area contributed by atoms with Crippen molar-refractivity contribution >= 4 is 34.8 Å². The lowest BCUT2D eigenvalue weighted by molar-refractivity contribution is 1.16. The molecule has 1 N–H and O–H groups in total. The van der Waals surface area contributed by atoms with Gasteiger partial charge in [-0.05, 0) is 18.6 Å². The Kier molecular flexibility index (Phi) is 3.27. The zero-order valence-corrected chi connectivity index (χ0v) is 10.0. The molecule has 2 aromatic rings. The van der Waals surface area contributed by atoms with Crippen LogP contribution in [0.2, 0.25) is 10.3 Å². The number of aryl methyl sites for hydroxylation is 1. The molecule has 1 aromatic carbocycles. The second-order valence-electron chi connectivity index (χ2n) is 3.28. The highest BCUT2D eigenvalue weighted by molar-refractivity contribution is 6.33. The summed E-state index contributed by atoms with van der Waals surface area (Å²) in [5.74, 6) is 0.395. The zero-order chi connectivity index (χ0) is 11.5. The second kappa shape index (κ2) is 4.68. The van der Waals surface area contributed by atoms with Crippen LogP contribution in [0.25, 0.3) is 0 Å². The second-order valence-corrected chi connectivity index (χ2v) is 4.05. The Hall–Kier alpha value is -1.32. The van der Waals surface area contributed by atoms with E-state index >= 15 is 0 Å². The molecule has 0 aliphatic rings. The number of nitrogens with one attached hydrogen (secondary N) is 1. The van der Waals surface area contributed by atoms with Crippen LogP contribution in [0.3, 0.4) is 0 Å². The molecule has 0 unspecified atom stereocenters. The van der Waals surface area contributed by atoms with Crippen molar-refractivity contribution < 1.29 is 0 Å². The number of benzene rings is 1. The standard InChI is InChI=1S/C11H9Cl2N3/c1-7-4-2-3-5-8(7)14-11-15-9(12)6-10(13)16-11/h2-6H,1H3,(H,14,15,16). The third-order valence-corrected chi connectivity index (χ3v) is 2.44. The van der Waals surface area contributed by atoms with Crippen molar-refractivity contribution in [3.63, 3.8) is 0 Å². The maximum Gasteiger partial charge on any atom is 0.230 e. The minimum Gasteiger partial charge on any atom is -0.324 e. The molecule has 0 amide bonds. The van der Waals surface area contributed by atoms with Gasteiger partial charge in [0.15, 0.2) is 0 Å². The van der Waals surface area contributed by atoms with E-state index in [0.717, 1.165) is 11.3 Å². The molecular formula is C11H9Cl2N3. The van der Waals surface area contributed by atoms with Gasteiger partial charge in [-0.15, -0.1) is 0 Å². The lowest BCUT2D eigenvalue weighted by atomic mass is 10.2. The molecule has 0 aliphatic heterocycles. The summed E-state index contributed by atoms with van der Waals surface area (Å²) >= 11 is 11.6. The summed E-state index contributed by atoms with van der Waals surface area (Å²) in [5, 5.41) is 3.69. The largest absolute Gasteiger partial charge is 0.324 e. The molecule has 3 nitrogen and oxygen atoms in total. The number of aromatic nitrogens is 2. The van der Waals surface area contributed by atoms with E-state index in [1.165, 1.54) is 6.07 Å². The first kappa shape index (κ1) is 11.2. The topological polar surface area (TPSA) is 37.8 Å². The molecule has 16 heavy (non-hydrogen) atoms. The first-order valence-electron chi connectivity index (χ1n) is 4.68. The van der Waals surface area contributed by atoms with Crippen molar-refractivity contribution in [3.05, 3.63) is 46.2 Å². The van der Waals surface area contributed by atoms with Crippen molar-refractivity contribution in [3.8, 4) is 0 Å². The minimum absolute atomic E-state index is 0.316. The van der Waals surface area contributed by atoms with Crippen LogP contribution in [0.4, 0.5) is 11.6 Å². The van der Waals surface area contributed by atoms with Crippen LogP contribution >= 0.6 is 23.2 Å². The first-order valence-corrected chi connectivity index (χ1v) is 5.43. The number of hydrogen-bond donors (Lipinski definition) is 1. The third-order valence-electron chi connectivity index (χ3n) is 2.06. The predicted octanol–water partition coefficient (Wildman–Crippen LogP) is 3.84. The van der Waals surface area contributed by atoms with Crippen LogP contribution in [0.15, 0.2) is 30.3 Å². The van der Waals surface area contributed by atoms with Gasteiger partial charge in [0.25, 0.3) is 0 Å². The molecule has 0 atom stereocenters. The van der Waals surface area contributed by atoms with Crippen LogP contribution in [0, 0.1) is 6.92 Å². The van der Waals surface area contributed by atoms with E-state index in [4.69, 9.17) is 23.2 Å². The Morgan fingerprint density at radius 3 is 2.31 bits per heavy atom. The smallest absolute Gasteiger partial charge is 0.230 e. The molecular weight excluding hydrogens is 245 g/mol. The molecule has 0 fully saturated rings. The Morgan fingerprint density at radius 1 is 1.06 bits per heavy atom. The van der Waals surface area contributed by atoms with Crippen molar-refractivity contribution in [1.82, 2.24) is 9.97 Å². The molecule has 82 valence electrons. The average molecular weight is 254 g/mol. The van der Waals surface area contributed by atoms with Gasteiger partial charge in [-0.2, -0.15) is 0 Å². The SMILES string of the molecule is Cc1ccccc1Nc1nc(Cl)cc(Cl)n1. The van der Waals surface area contributed by atoms with Gasteiger partial charge in [-0.3, -0.25) is 0 Å². The van der Waals surface area contributed by atoms with Gasteiger partial charge in [0.05, 0.1) is 0 Å². The minimum atomic E-state index is 0.316. The summed E-state index contributed by atoms with van der Waals surface area (Å²) < 4.78 is 0. The fraction of sp³-hybridized carbons (Fsp3) is 0.0909. The summed E-state index contributed by atoms with van der Waals surface area (Å²) in [6, 6.07) is 9.32. The highest BCUT2D eigenvalue weighted by Gasteiger charge is 2.03. The number of hydrogen-bond acceptors (Lipinski definition) is 3. The van der Waals surface area contributed by atoms with E-state index < -0.39 is 0 Å². The van der Waals surface area contributed by atoms with Crippen LogP contribution in [-0.2, 0) is 0 Å². The van der Waals surface area contributed by atoms with Crippen molar-refractivity contribution in [1.29, 1.82) is 0 Å². The molecule has 5 heteroatoms. The monoisotopic (exact) mass is 253 g/mol. The fourth-order valence-electron chi connectivity index (χ4n) is 1.28. The molecule has 0 saturated heterocycles. The summed E-state index contributed by atoms with van der Waals surface area (Å²) in [5.41, 5.74) is 2.03. The van der Waals surface area contributed by atoms with Crippen LogP contribution in [-0.4, -0.2) is 9.97 Å². The van der Waals surface area contributed by atoms with Crippen LogP contribution < -0.4 is 5.32 Å². The number of rotatable bonds is 2. The first-order chi connectivity index (χ1) is 7.65. The Labute approximate surface area is 103 Å². The molecule has 0 radical (unpaired) electrons. The molecule has 0 spiro atoms. The number of nitrogens with zero attached hydrogens (tertiary/aromatic N) is 2. The van der Waals surface area contributed by atoms with Crippen LogP contribution in [0.1, 0.15) is 5.56 Å². The van der Waals surface area contributed by atoms with Gasteiger partial charge in [0.1, 0.15) is 10.3 Å². The van der Waals surface area contributed by atoms with Gasteiger partial charge in [-0.1, -0.05) is 41.4 Å². The fourth-order valence-corrected chi connectivity index (χ4v) is 1.70. The highest BCUT2D eigenvalue weighted by Crippen LogP contribution is 2.20. The normalized spacial score (nSPS) is 10.2. The molecule has 0 bridgehead atoms. The van der Waals surface area contributed by atoms with Crippen molar-refractivity contribution in [2.75, 3.05) is 5.32 Å². The van der Waals surface area contributed by atoms with Gasteiger partial charge >= 0.3 is 0 Å².